The van der Waals surface area contributed by atoms with E-state index in [0.29, 0.717) is 30.5 Å². The summed E-state index contributed by atoms with van der Waals surface area (Å²) in [5.74, 6) is -0.0666. The SMILES string of the molecule is CCC[C@@H](C)NC(=O)Cc1ccc(S(=O)(=O)N2CCOCC2)s1. The lowest BCUT2D eigenvalue weighted by atomic mass is 10.2. The number of amides is 1. The highest BCUT2D eigenvalue weighted by atomic mass is 32.2. The normalized spacial score (nSPS) is 17.8. The third kappa shape index (κ3) is 5.00. The third-order valence-corrected chi connectivity index (χ3v) is 7.12. The van der Waals surface area contributed by atoms with E-state index in [4.69, 9.17) is 4.74 Å². The van der Waals surface area contributed by atoms with E-state index in [1.807, 2.05) is 6.92 Å². The van der Waals surface area contributed by atoms with E-state index in [0.717, 1.165) is 17.7 Å². The number of carbonyl (C=O) groups is 1. The minimum absolute atomic E-state index is 0.0666. The molecule has 1 atom stereocenters. The molecule has 0 bridgehead atoms. The molecule has 0 spiro atoms. The first-order valence-corrected chi connectivity index (χ1v) is 10.1. The first-order valence-electron chi connectivity index (χ1n) is 7.89. The first-order chi connectivity index (χ1) is 10.9. The van der Waals surface area contributed by atoms with Gasteiger partial charge in [0.15, 0.2) is 0 Å². The molecule has 6 nitrogen and oxygen atoms in total. The van der Waals surface area contributed by atoms with Gasteiger partial charge >= 0.3 is 0 Å². The van der Waals surface area contributed by atoms with Crippen LogP contribution in [0.15, 0.2) is 16.3 Å². The van der Waals surface area contributed by atoms with E-state index >= 15 is 0 Å². The Bertz CT molecular complexity index is 621. The number of hydrogen-bond donors (Lipinski definition) is 1. The van der Waals surface area contributed by atoms with Gasteiger partial charge in [-0.15, -0.1) is 11.3 Å². The molecule has 1 aliphatic rings. The van der Waals surface area contributed by atoms with Crippen LogP contribution in [0.5, 0.6) is 0 Å². The number of carbonyl (C=O) groups excluding carboxylic acids is 1. The van der Waals surface area contributed by atoms with Crippen molar-refractivity contribution < 1.29 is 17.9 Å². The summed E-state index contributed by atoms with van der Waals surface area (Å²) in [6.07, 6.45) is 2.17. The number of nitrogens with zero attached hydrogens (tertiary/aromatic N) is 1. The predicted molar refractivity (Wildman–Crippen MR) is 90.1 cm³/mol. The number of nitrogens with one attached hydrogen (secondary N) is 1. The van der Waals surface area contributed by atoms with Crippen molar-refractivity contribution in [2.45, 2.75) is 43.4 Å². The summed E-state index contributed by atoms with van der Waals surface area (Å²) in [4.78, 5) is 12.7. The molecule has 1 aliphatic heterocycles. The van der Waals surface area contributed by atoms with Crippen LogP contribution in [0.4, 0.5) is 0 Å². The maximum absolute atomic E-state index is 12.5. The molecule has 1 aromatic rings. The summed E-state index contributed by atoms with van der Waals surface area (Å²) in [7, 11) is -3.47. The summed E-state index contributed by atoms with van der Waals surface area (Å²) in [5, 5.41) is 2.93. The molecule has 1 aromatic heterocycles. The van der Waals surface area contributed by atoms with Crippen LogP contribution >= 0.6 is 11.3 Å². The van der Waals surface area contributed by atoms with Gasteiger partial charge in [-0.05, 0) is 25.5 Å². The average molecular weight is 361 g/mol. The van der Waals surface area contributed by atoms with Gasteiger partial charge in [0.05, 0.1) is 19.6 Å². The Kier molecular flexibility index (Phi) is 6.58. The molecule has 0 aromatic carbocycles. The van der Waals surface area contributed by atoms with Gasteiger partial charge in [-0.2, -0.15) is 4.31 Å². The molecular formula is C15H24N2O4S2. The monoisotopic (exact) mass is 360 g/mol. The average Bonchev–Trinajstić information content (AvgIpc) is 2.97. The van der Waals surface area contributed by atoms with Crippen molar-refractivity contribution in [3.05, 3.63) is 17.0 Å². The minimum atomic E-state index is -3.47. The van der Waals surface area contributed by atoms with Crippen LogP contribution in [0, 0.1) is 0 Å². The Hall–Kier alpha value is -0.960. The molecule has 8 heteroatoms. The lowest BCUT2D eigenvalue weighted by Gasteiger charge is -2.25. The van der Waals surface area contributed by atoms with Crippen molar-refractivity contribution in [2.75, 3.05) is 26.3 Å². The largest absolute Gasteiger partial charge is 0.379 e. The van der Waals surface area contributed by atoms with Gasteiger partial charge < -0.3 is 10.1 Å². The zero-order chi connectivity index (χ0) is 16.9. The number of morpholine rings is 1. The molecule has 0 saturated carbocycles. The lowest BCUT2D eigenvalue weighted by molar-refractivity contribution is -0.121. The summed E-state index contributed by atoms with van der Waals surface area (Å²) in [5.41, 5.74) is 0. The van der Waals surface area contributed by atoms with Crippen LogP contribution in [-0.4, -0.2) is 51.0 Å². The molecule has 1 amide bonds. The Balaban J connectivity index is 1.98. The second-order valence-corrected chi connectivity index (χ2v) is 9.00. The standard InChI is InChI=1S/C15H24N2O4S2/c1-3-4-12(2)16-14(18)11-13-5-6-15(22-13)23(19,20)17-7-9-21-10-8-17/h5-6,12H,3-4,7-11H2,1-2H3,(H,16,18)/t12-/m1/s1. The van der Waals surface area contributed by atoms with Crippen molar-refractivity contribution in [3.63, 3.8) is 0 Å². The quantitative estimate of drug-likeness (QED) is 0.802. The number of rotatable bonds is 7. The summed E-state index contributed by atoms with van der Waals surface area (Å²) in [6.45, 7) is 5.66. The Morgan fingerprint density at radius 3 is 2.74 bits per heavy atom. The zero-order valence-electron chi connectivity index (χ0n) is 13.6. The fourth-order valence-corrected chi connectivity index (χ4v) is 5.41. The molecule has 23 heavy (non-hydrogen) atoms. The molecule has 1 fully saturated rings. The first kappa shape index (κ1) is 18.4. The maximum atomic E-state index is 12.5. The van der Waals surface area contributed by atoms with Crippen LogP contribution in [-0.2, 0) is 26.0 Å². The van der Waals surface area contributed by atoms with Crippen molar-refractivity contribution in [1.29, 1.82) is 0 Å². The van der Waals surface area contributed by atoms with Gasteiger partial charge in [0, 0.05) is 24.0 Å². The summed E-state index contributed by atoms with van der Waals surface area (Å²) < 4.78 is 32.0. The number of ether oxygens (including phenoxy) is 1. The number of hydrogen-bond acceptors (Lipinski definition) is 5. The Morgan fingerprint density at radius 2 is 2.09 bits per heavy atom. The fraction of sp³-hybridized carbons (Fsp3) is 0.667. The Labute approximate surface area is 141 Å². The molecule has 2 rings (SSSR count). The molecular weight excluding hydrogens is 336 g/mol. The van der Waals surface area contributed by atoms with Crippen LogP contribution < -0.4 is 5.32 Å². The molecule has 0 radical (unpaired) electrons. The molecule has 2 heterocycles. The zero-order valence-corrected chi connectivity index (χ0v) is 15.2. The van der Waals surface area contributed by atoms with Gasteiger partial charge in [0.25, 0.3) is 10.0 Å². The van der Waals surface area contributed by atoms with E-state index in [2.05, 4.69) is 12.2 Å². The van der Waals surface area contributed by atoms with Gasteiger partial charge in [-0.1, -0.05) is 13.3 Å². The van der Waals surface area contributed by atoms with Crippen molar-refractivity contribution in [2.24, 2.45) is 0 Å². The van der Waals surface area contributed by atoms with E-state index < -0.39 is 10.0 Å². The van der Waals surface area contributed by atoms with Gasteiger partial charge in [-0.3, -0.25) is 4.79 Å². The molecule has 1 N–H and O–H groups in total. The smallest absolute Gasteiger partial charge is 0.252 e. The van der Waals surface area contributed by atoms with Crippen LogP contribution in [0.1, 0.15) is 31.6 Å². The highest BCUT2D eigenvalue weighted by Gasteiger charge is 2.27. The maximum Gasteiger partial charge on any atom is 0.252 e. The molecule has 0 unspecified atom stereocenters. The second-order valence-electron chi connectivity index (χ2n) is 5.67. The topological polar surface area (TPSA) is 75.7 Å². The van der Waals surface area contributed by atoms with E-state index in [9.17, 15) is 13.2 Å². The van der Waals surface area contributed by atoms with E-state index in [1.165, 1.54) is 15.6 Å². The van der Waals surface area contributed by atoms with E-state index in [1.54, 1.807) is 12.1 Å². The second kappa shape index (κ2) is 8.23. The van der Waals surface area contributed by atoms with Crippen LogP contribution in [0.25, 0.3) is 0 Å². The van der Waals surface area contributed by atoms with Crippen molar-refractivity contribution >= 4 is 27.3 Å². The minimum Gasteiger partial charge on any atom is -0.379 e. The Morgan fingerprint density at radius 1 is 1.39 bits per heavy atom. The summed E-state index contributed by atoms with van der Waals surface area (Å²) in [6, 6.07) is 3.46. The predicted octanol–water partition coefficient (Wildman–Crippen LogP) is 1.62. The van der Waals surface area contributed by atoms with Crippen molar-refractivity contribution in [3.8, 4) is 0 Å². The highest BCUT2D eigenvalue weighted by molar-refractivity contribution is 7.91. The summed E-state index contributed by atoms with van der Waals surface area (Å²) >= 11 is 1.17. The van der Waals surface area contributed by atoms with Crippen molar-refractivity contribution in [1.82, 2.24) is 9.62 Å². The van der Waals surface area contributed by atoms with Crippen LogP contribution in [0.3, 0.4) is 0 Å². The molecule has 1 saturated heterocycles. The van der Waals surface area contributed by atoms with Gasteiger partial charge in [-0.25, -0.2) is 8.42 Å². The number of thiophene rings is 1. The number of sulfonamides is 1. The molecule has 130 valence electrons. The molecule has 0 aliphatic carbocycles. The third-order valence-electron chi connectivity index (χ3n) is 3.67. The fourth-order valence-electron chi connectivity index (χ4n) is 2.50. The van der Waals surface area contributed by atoms with Gasteiger partial charge in [0.2, 0.25) is 5.91 Å². The highest BCUT2D eigenvalue weighted by Crippen LogP contribution is 2.25. The van der Waals surface area contributed by atoms with Gasteiger partial charge in [0.1, 0.15) is 4.21 Å². The van der Waals surface area contributed by atoms with E-state index in [-0.39, 0.29) is 18.4 Å². The van der Waals surface area contributed by atoms with Crippen LogP contribution in [0.2, 0.25) is 0 Å². The lowest BCUT2D eigenvalue weighted by Crippen LogP contribution is -2.40.